The Bertz CT molecular complexity index is 1210. The van der Waals surface area contributed by atoms with E-state index in [4.69, 9.17) is 21.8 Å². The minimum Gasteiger partial charge on any atom is -0.297 e. The lowest BCUT2D eigenvalue weighted by molar-refractivity contribution is 0.598. The summed E-state index contributed by atoms with van der Waals surface area (Å²) in [6.45, 7) is 2.25. The van der Waals surface area contributed by atoms with Crippen molar-refractivity contribution in [1.82, 2.24) is 19.2 Å². The third-order valence-corrected chi connectivity index (χ3v) is 7.36. The van der Waals surface area contributed by atoms with Crippen LogP contribution < -0.4 is 0 Å². The first-order valence-electron chi connectivity index (χ1n) is 9.54. The van der Waals surface area contributed by atoms with Gasteiger partial charge in [0.25, 0.3) is 6.71 Å². The Kier molecular flexibility index (Phi) is 4.22. The third kappa shape index (κ3) is 2.83. The molecule has 5 rings (SSSR count). The number of aromatic nitrogens is 4. The summed E-state index contributed by atoms with van der Waals surface area (Å²) in [5.41, 5.74) is 4.15. The normalized spacial score (nSPS) is 15.6. The standard InChI is InChI=1S/C20H19BClN5S/c1-12-18(22)15(7-14-8-26(2)25-19(12)14)17-10-27-9-16(24-20(27)28-17)13-3-5-21(11-23)6-4-13/h7-10,13H,3-6H2,1-2H3. The quantitative estimate of drug-likeness (QED) is 0.421. The van der Waals surface area contributed by atoms with Gasteiger partial charge in [-0.2, -0.15) is 5.10 Å². The summed E-state index contributed by atoms with van der Waals surface area (Å²) in [6, 6.07) is 2.12. The van der Waals surface area contributed by atoms with Gasteiger partial charge >= 0.3 is 0 Å². The van der Waals surface area contributed by atoms with Crippen LogP contribution in [0.5, 0.6) is 0 Å². The molecular weight excluding hydrogens is 389 g/mol. The number of nitrogens with zero attached hydrogens (tertiary/aromatic N) is 5. The maximum Gasteiger partial charge on any atom is 0.267 e. The molecule has 4 aromatic rings. The van der Waals surface area contributed by atoms with Crippen molar-refractivity contribution >= 4 is 45.5 Å². The average molecular weight is 408 g/mol. The molecule has 0 saturated carbocycles. The van der Waals surface area contributed by atoms with Crippen LogP contribution in [0.1, 0.15) is 30.0 Å². The second-order valence-electron chi connectivity index (χ2n) is 7.73. The number of thiazole rings is 1. The number of aryl methyl sites for hydroxylation is 2. The SMILES string of the molecule is Cc1c(Cl)c(-c2cn3cc(C4CCB(C#N)CC4)nc3s2)cc2cn(C)nc12. The van der Waals surface area contributed by atoms with Gasteiger partial charge in [-0.05, 0) is 18.6 Å². The van der Waals surface area contributed by atoms with E-state index in [0.717, 1.165) is 68.1 Å². The fraction of sp³-hybridized carbons (Fsp3) is 0.350. The van der Waals surface area contributed by atoms with Crippen LogP contribution in [0.25, 0.3) is 26.3 Å². The first-order valence-corrected chi connectivity index (χ1v) is 10.7. The molecule has 140 valence electrons. The summed E-state index contributed by atoms with van der Waals surface area (Å²) in [6.07, 6.45) is 10.4. The number of imidazole rings is 1. The van der Waals surface area contributed by atoms with Crippen LogP contribution in [0.15, 0.2) is 24.7 Å². The molecule has 1 aliphatic heterocycles. The van der Waals surface area contributed by atoms with Gasteiger partial charge in [0, 0.05) is 48.5 Å². The number of fused-ring (bicyclic) bond motifs is 2. The Morgan fingerprint density at radius 1 is 1.29 bits per heavy atom. The highest BCUT2D eigenvalue weighted by Gasteiger charge is 2.27. The van der Waals surface area contributed by atoms with Gasteiger partial charge < -0.3 is 0 Å². The smallest absolute Gasteiger partial charge is 0.267 e. The van der Waals surface area contributed by atoms with Crippen molar-refractivity contribution in [3.05, 3.63) is 40.9 Å². The predicted octanol–water partition coefficient (Wildman–Crippen LogP) is 5.35. The molecule has 0 unspecified atom stereocenters. The van der Waals surface area contributed by atoms with Crippen molar-refractivity contribution in [2.45, 2.75) is 38.3 Å². The van der Waals surface area contributed by atoms with Gasteiger partial charge in [-0.15, -0.1) is 0 Å². The zero-order chi connectivity index (χ0) is 19.4. The lowest BCUT2D eigenvalue weighted by Crippen LogP contribution is -2.18. The highest BCUT2D eigenvalue weighted by molar-refractivity contribution is 7.20. The molecule has 1 aliphatic rings. The molecule has 0 radical (unpaired) electrons. The van der Waals surface area contributed by atoms with Crippen LogP contribution in [-0.4, -0.2) is 25.9 Å². The molecular formula is C20H19BClN5S. The number of hydrogen-bond donors (Lipinski definition) is 0. The van der Waals surface area contributed by atoms with Crippen molar-refractivity contribution in [1.29, 1.82) is 5.26 Å². The van der Waals surface area contributed by atoms with Gasteiger partial charge in [0.05, 0.1) is 21.1 Å². The molecule has 28 heavy (non-hydrogen) atoms. The van der Waals surface area contributed by atoms with E-state index in [9.17, 15) is 0 Å². The van der Waals surface area contributed by atoms with Gasteiger partial charge in [-0.25, -0.2) is 10.2 Å². The Hall–Kier alpha value is -2.30. The van der Waals surface area contributed by atoms with Gasteiger partial charge in [-0.3, -0.25) is 9.08 Å². The molecule has 0 bridgehead atoms. The second kappa shape index (κ2) is 6.65. The van der Waals surface area contributed by atoms with Crippen LogP contribution in [-0.2, 0) is 7.05 Å². The predicted molar refractivity (Wildman–Crippen MR) is 115 cm³/mol. The summed E-state index contributed by atoms with van der Waals surface area (Å²) >= 11 is 8.36. The zero-order valence-electron chi connectivity index (χ0n) is 15.8. The zero-order valence-corrected chi connectivity index (χ0v) is 17.4. The fourth-order valence-electron chi connectivity index (χ4n) is 4.26. The van der Waals surface area contributed by atoms with E-state index in [0.29, 0.717) is 5.92 Å². The van der Waals surface area contributed by atoms with Crippen LogP contribution >= 0.6 is 22.9 Å². The van der Waals surface area contributed by atoms with Crippen LogP contribution in [0.2, 0.25) is 17.7 Å². The number of hydrogen-bond acceptors (Lipinski definition) is 4. The summed E-state index contributed by atoms with van der Waals surface area (Å²) in [7, 11) is 1.93. The number of halogens is 1. The van der Waals surface area contributed by atoms with E-state index in [1.807, 2.05) is 24.9 Å². The van der Waals surface area contributed by atoms with Gasteiger partial charge in [-0.1, -0.05) is 48.4 Å². The van der Waals surface area contributed by atoms with Crippen molar-refractivity contribution in [2.24, 2.45) is 7.05 Å². The van der Waals surface area contributed by atoms with E-state index >= 15 is 0 Å². The Labute approximate surface area is 172 Å². The van der Waals surface area contributed by atoms with Crippen molar-refractivity contribution in [2.75, 3.05) is 0 Å². The van der Waals surface area contributed by atoms with Crippen molar-refractivity contribution < 1.29 is 0 Å². The van der Waals surface area contributed by atoms with E-state index < -0.39 is 0 Å². The van der Waals surface area contributed by atoms with Crippen LogP contribution in [0.4, 0.5) is 0 Å². The molecule has 1 aromatic carbocycles. The summed E-state index contributed by atoms with van der Waals surface area (Å²) in [5.74, 6) is 2.88. The van der Waals surface area contributed by atoms with Gasteiger partial charge in [0.2, 0.25) is 0 Å². The monoisotopic (exact) mass is 407 g/mol. The average Bonchev–Trinajstić information content (AvgIpc) is 3.37. The van der Waals surface area contributed by atoms with Gasteiger partial charge in [0.1, 0.15) is 0 Å². The Balaban J connectivity index is 1.50. The third-order valence-electron chi connectivity index (χ3n) is 5.85. The topological polar surface area (TPSA) is 58.9 Å². The summed E-state index contributed by atoms with van der Waals surface area (Å²) in [5, 5.41) is 15.5. The molecule has 0 N–H and O–H groups in total. The Morgan fingerprint density at radius 2 is 2.07 bits per heavy atom. The van der Waals surface area contributed by atoms with Crippen molar-refractivity contribution in [3.63, 3.8) is 0 Å². The molecule has 0 atom stereocenters. The second-order valence-corrected chi connectivity index (χ2v) is 9.12. The molecule has 8 heteroatoms. The molecule has 5 nitrogen and oxygen atoms in total. The van der Waals surface area contributed by atoms with Crippen LogP contribution in [0.3, 0.4) is 0 Å². The maximum atomic E-state index is 9.09. The van der Waals surface area contributed by atoms with E-state index in [2.05, 4.69) is 33.9 Å². The first-order chi connectivity index (χ1) is 13.5. The van der Waals surface area contributed by atoms with E-state index in [1.165, 1.54) is 0 Å². The minimum atomic E-state index is 0.222. The van der Waals surface area contributed by atoms with E-state index in [1.54, 1.807) is 11.3 Å². The maximum absolute atomic E-state index is 9.09. The molecule has 3 aromatic heterocycles. The molecule has 0 spiro atoms. The lowest BCUT2D eigenvalue weighted by atomic mass is 9.41. The number of benzene rings is 1. The highest BCUT2D eigenvalue weighted by atomic mass is 35.5. The number of nitriles is 1. The lowest BCUT2D eigenvalue weighted by Gasteiger charge is -2.21. The largest absolute Gasteiger partial charge is 0.297 e. The van der Waals surface area contributed by atoms with Crippen molar-refractivity contribution in [3.8, 4) is 16.4 Å². The Morgan fingerprint density at radius 3 is 2.79 bits per heavy atom. The number of rotatable bonds is 2. The first kappa shape index (κ1) is 17.8. The molecule has 0 amide bonds. The summed E-state index contributed by atoms with van der Waals surface area (Å²) in [4.78, 5) is 7.00. The molecule has 1 fully saturated rings. The minimum absolute atomic E-state index is 0.222. The van der Waals surface area contributed by atoms with E-state index in [-0.39, 0.29) is 6.71 Å². The van der Waals surface area contributed by atoms with Crippen LogP contribution in [0, 0.1) is 18.2 Å². The summed E-state index contributed by atoms with van der Waals surface area (Å²) < 4.78 is 3.94. The molecule has 1 saturated heterocycles. The molecule has 4 heterocycles. The molecule has 0 aliphatic carbocycles. The fourth-order valence-corrected chi connectivity index (χ4v) is 5.56. The highest BCUT2D eigenvalue weighted by Crippen LogP contribution is 2.40. The van der Waals surface area contributed by atoms with Gasteiger partial charge in [0.15, 0.2) is 4.96 Å².